The molecule has 1 amide bonds. The van der Waals surface area contributed by atoms with Gasteiger partial charge in [0.05, 0.1) is 17.7 Å². The highest BCUT2D eigenvalue weighted by atomic mass is 16.6. The average Bonchev–Trinajstić information content (AvgIpc) is 3.17. The van der Waals surface area contributed by atoms with E-state index in [1.54, 1.807) is 31.4 Å². The first kappa shape index (κ1) is 19.3. The zero-order valence-corrected chi connectivity index (χ0v) is 15.7. The second-order valence-electron chi connectivity index (χ2n) is 6.57. The monoisotopic (exact) mass is 379 g/mol. The fraction of sp³-hybridized carbons (Fsp3) is 0.190. The minimum absolute atomic E-state index is 0.131. The zero-order valence-electron chi connectivity index (χ0n) is 15.7. The summed E-state index contributed by atoms with van der Waals surface area (Å²) in [6.45, 7) is 2.18. The molecule has 0 saturated heterocycles. The second kappa shape index (κ2) is 8.49. The van der Waals surface area contributed by atoms with Gasteiger partial charge >= 0.3 is 0 Å². The Balaban J connectivity index is 1.90. The second-order valence-corrected chi connectivity index (χ2v) is 6.57. The molecule has 3 aromatic rings. The number of hydrogen-bond donors (Lipinski definition) is 1. The molecule has 0 fully saturated rings. The number of furan rings is 1. The molecule has 144 valence electrons. The van der Waals surface area contributed by atoms with Crippen LogP contribution in [0.25, 0.3) is 0 Å². The van der Waals surface area contributed by atoms with Crippen molar-refractivity contribution in [3.8, 4) is 0 Å². The number of aryl methyl sites for hydroxylation is 1. The lowest BCUT2D eigenvalue weighted by atomic mass is 10.0. The summed E-state index contributed by atoms with van der Waals surface area (Å²) in [6, 6.07) is 17.0. The molecular weight excluding hydrogens is 358 g/mol. The minimum atomic E-state index is -0.646. The van der Waals surface area contributed by atoms with Gasteiger partial charge in [0.2, 0.25) is 5.91 Å². The van der Waals surface area contributed by atoms with E-state index in [4.69, 9.17) is 4.42 Å². The highest BCUT2D eigenvalue weighted by Gasteiger charge is 2.27. The Morgan fingerprint density at radius 3 is 2.57 bits per heavy atom. The smallest absolute Gasteiger partial charge is 0.293 e. The summed E-state index contributed by atoms with van der Waals surface area (Å²) in [7, 11) is 1.81. The van der Waals surface area contributed by atoms with E-state index in [1.807, 2.05) is 48.3 Å². The maximum absolute atomic E-state index is 13.1. The van der Waals surface area contributed by atoms with Crippen molar-refractivity contribution in [1.29, 1.82) is 0 Å². The molecule has 0 aliphatic heterocycles. The van der Waals surface area contributed by atoms with Gasteiger partial charge in [-0.25, -0.2) is 0 Å². The first-order valence-corrected chi connectivity index (χ1v) is 8.79. The van der Waals surface area contributed by atoms with Gasteiger partial charge < -0.3 is 9.73 Å². The van der Waals surface area contributed by atoms with Crippen molar-refractivity contribution < 1.29 is 14.1 Å². The fourth-order valence-electron chi connectivity index (χ4n) is 3.08. The molecule has 2 aromatic carbocycles. The van der Waals surface area contributed by atoms with Crippen LogP contribution in [0.2, 0.25) is 0 Å². The fourth-order valence-corrected chi connectivity index (χ4v) is 3.08. The van der Waals surface area contributed by atoms with Crippen LogP contribution in [0.5, 0.6) is 0 Å². The van der Waals surface area contributed by atoms with E-state index in [1.165, 1.54) is 6.07 Å². The Labute approximate surface area is 162 Å². The first-order valence-electron chi connectivity index (χ1n) is 8.79. The average molecular weight is 379 g/mol. The summed E-state index contributed by atoms with van der Waals surface area (Å²) < 4.78 is 5.39. The number of likely N-dealkylation sites (N-methyl/N-ethyl adjacent to an activating group) is 1. The maximum atomic E-state index is 13.1. The number of carbonyl (C=O) groups excluding carboxylic acids is 1. The van der Waals surface area contributed by atoms with Crippen molar-refractivity contribution in [2.75, 3.05) is 12.4 Å². The lowest BCUT2D eigenvalue weighted by molar-refractivity contribution is -0.384. The number of rotatable bonds is 7. The van der Waals surface area contributed by atoms with Crippen LogP contribution in [-0.4, -0.2) is 22.8 Å². The third-order valence-corrected chi connectivity index (χ3v) is 4.40. The number of nitro groups is 1. The summed E-state index contributed by atoms with van der Waals surface area (Å²) in [5, 5.41) is 14.1. The standard InChI is InChI=1S/C21H21N3O4/c1-15-10-11-18(19(13-15)24(26)27)22-21(25)20(16-7-4-3-5-8-16)23(2)14-17-9-6-12-28-17/h3-13,20H,14H2,1-2H3,(H,22,25)/t20-/m1/s1. The number of amides is 1. The molecule has 0 bridgehead atoms. The molecule has 0 unspecified atom stereocenters. The van der Waals surface area contributed by atoms with E-state index >= 15 is 0 Å². The van der Waals surface area contributed by atoms with Crippen molar-refractivity contribution in [3.05, 3.63) is 93.9 Å². The van der Waals surface area contributed by atoms with E-state index in [2.05, 4.69) is 5.32 Å². The normalized spacial score (nSPS) is 12.0. The molecule has 0 aliphatic rings. The van der Waals surface area contributed by atoms with Crippen LogP contribution in [-0.2, 0) is 11.3 Å². The van der Waals surface area contributed by atoms with Crippen molar-refractivity contribution in [1.82, 2.24) is 4.90 Å². The summed E-state index contributed by atoms with van der Waals surface area (Å²) in [6.07, 6.45) is 1.58. The molecule has 0 radical (unpaired) electrons. The Morgan fingerprint density at radius 2 is 1.93 bits per heavy atom. The predicted molar refractivity (Wildman–Crippen MR) is 106 cm³/mol. The van der Waals surface area contributed by atoms with E-state index in [9.17, 15) is 14.9 Å². The Morgan fingerprint density at radius 1 is 1.18 bits per heavy atom. The maximum Gasteiger partial charge on any atom is 0.293 e. The lowest BCUT2D eigenvalue weighted by Gasteiger charge is -2.26. The van der Waals surface area contributed by atoms with Crippen molar-refractivity contribution in [3.63, 3.8) is 0 Å². The highest BCUT2D eigenvalue weighted by Crippen LogP contribution is 2.28. The number of hydrogen-bond acceptors (Lipinski definition) is 5. The van der Waals surface area contributed by atoms with Gasteiger partial charge in [-0.3, -0.25) is 19.8 Å². The van der Waals surface area contributed by atoms with E-state index < -0.39 is 11.0 Å². The summed E-state index contributed by atoms with van der Waals surface area (Å²) >= 11 is 0. The van der Waals surface area contributed by atoms with Gasteiger partial charge in [0, 0.05) is 6.07 Å². The molecule has 1 atom stereocenters. The molecule has 0 aliphatic carbocycles. The molecular formula is C21H21N3O4. The van der Waals surface area contributed by atoms with Gasteiger partial charge in [-0.2, -0.15) is 0 Å². The Bertz CT molecular complexity index is 955. The molecule has 3 rings (SSSR count). The predicted octanol–water partition coefficient (Wildman–Crippen LogP) is 4.31. The van der Waals surface area contributed by atoms with Crippen molar-refractivity contribution >= 4 is 17.3 Å². The van der Waals surface area contributed by atoms with Crippen LogP contribution in [0.15, 0.2) is 71.3 Å². The first-order chi connectivity index (χ1) is 13.5. The Hall–Kier alpha value is -3.45. The molecule has 1 heterocycles. The van der Waals surface area contributed by atoms with Crippen LogP contribution in [0.3, 0.4) is 0 Å². The van der Waals surface area contributed by atoms with Gasteiger partial charge in [-0.15, -0.1) is 0 Å². The molecule has 0 saturated carbocycles. The molecule has 7 heteroatoms. The van der Waals surface area contributed by atoms with Crippen LogP contribution >= 0.6 is 0 Å². The number of nitrogens with one attached hydrogen (secondary N) is 1. The number of benzene rings is 2. The topological polar surface area (TPSA) is 88.6 Å². The molecule has 28 heavy (non-hydrogen) atoms. The van der Waals surface area contributed by atoms with Gasteiger partial charge in [0.25, 0.3) is 5.69 Å². The molecule has 7 nitrogen and oxygen atoms in total. The minimum Gasteiger partial charge on any atom is -0.468 e. The van der Waals surface area contributed by atoms with Crippen LogP contribution in [0, 0.1) is 17.0 Å². The number of carbonyl (C=O) groups is 1. The number of nitro benzene ring substituents is 1. The Kier molecular flexibility index (Phi) is 5.86. The van der Waals surface area contributed by atoms with Crippen molar-refractivity contribution in [2.45, 2.75) is 19.5 Å². The molecule has 0 spiro atoms. The van der Waals surface area contributed by atoms with Gasteiger partial charge in [-0.1, -0.05) is 36.4 Å². The SMILES string of the molecule is Cc1ccc(NC(=O)[C@@H](c2ccccc2)N(C)Cc2ccco2)c([N+](=O)[O-])c1. The highest BCUT2D eigenvalue weighted by molar-refractivity contribution is 5.97. The summed E-state index contributed by atoms with van der Waals surface area (Å²) in [5.41, 5.74) is 1.57. The van der Waals surface area contributed by atoms with Gasteiger partial charge in [0.1, 0.15) is 17.5 Å². The van der Waals surface area contributed by atoms with Crippen molar-refractivity contribution in [2.24, 2.45) is 0 Å². The number of anilines is 1. The third-order valence-electron chi connectivity index (χ3n) is 4.40. The van der Waals surface area contributed by atoms with Crippen LogP contribution in [0.4, 0.5) is 11.4 Å². The van der Waals surface area contributed by atoms with E-state index in [0.717, 1.165) is 16.9 Å². The van der Waals surface area contributed by atoms with E-state index in [0.29, 0.717) is 6.54 Å². The number of nitrogens with zero attached hydrogens (tertiary/aromatic N) is 2. The third kappa shape index (κ3) is 4.44. The largest absolute Gasteiger partial charge is 0.468 e. The quantitative estimate of drug-likeness (QED) is 0.488. The lowest BCUT2D eigenvalue weighted by Crippen LogP contribution is -2.34. The van der Waals surface area contributed by atoms with E-state index in [-0.39, 0.29) is 17.3 Å². The van der Waals surface area contributed by atoms with Gasteiger partial charge in [0.15, 0.2) is 0 Å². The molecule has 1 aromatic heterocycles. The van der Waals surface area contributed by atoms with Crippen LogP contribution < -0.4 is 5.32 Å². The van der Waals surface area contributed by atoms with Crippen LogP contribution in [0.1, 0.15) is 22.9 Å². The summed E-state index contributed by atoms with van der Waals surface area (Å²) in [5.74, 6) is 0.366. The zero-order chi connectivity index (χ0) is 20.1. The molecule has 1 N–H and O–H groups in total. The summed E-state index contributed by atoms with van der Waals surface area (Å²) in [4.78, 5) is 25.9. The van der Waals surface area contributed by atoms with Gasteiger partial charge in [-0.05, 0) is 43.3 Å².